The number of phenols is 2. The van der Waals surface area contributed by atoms with Crippen molar-refractivity contribution in [2.24, 2.45) is 5.10 Å². The van der Waals surface area contributed by atoms with E-state index in [1.807, 2.05) is 25.1 Å². The van der Waals surface area contributed by atoms with Crippen molar-refractivity contribution in [3.05, 3.63) is 53.6 Å². The van der Waals surface area contributed by atoms with Gasteiger partial charge in [0.25, 0.3) is 5.91 Å². The largest absolute Gasteiger partial charge is 0.508 e. The van der Waals surface area contributed by atoms with Crippen LogP contribution in [0.5, 0.6) is 17.2 Å². The molecule has 0 bridgehead atoms. The fourth-order valence-corrected chi connectivity index (χ4v) is 1.71. The third-order valence-electron chi connectivity index (χ3n) is 2.86. The first-order valence-corrected chi connectivity index (χ1v) is 6.58. The summed E-state index contributed by atoms with van der Waals surface area (Å²) in [6.45, 7) is 1.71. The van der Waals surface area contributed by atoms with Gasteiger partial charge in [0.05, 0.1) is 6.21 Å². The average molecular weight is 300 g/mol. The quantitative estimate of drug-likeness (QED) is 0.447. The molecule has 0 spiro atoms. The highest BCUT2D eigenvalue weighted by atomic mass is 16.5. The topological polar surface area (TPSA) is 91.2 Å². The van der Waals surface area contributed by atoms with Gasteiger partial charge in [-0.1, -0.05) is 18.2 Å². The summed E-state index contributed by atoms with van der Waals surface area (Å²) in [5, 5.41) is 22.5. The Morgan fingerprint density at radius 3 is 2.82 bits per heavy atom. The van der Waals surface area contributed by atoms with Gasteiger partial charge in [-0.15, -0.1) is 0 Å². The number of phenolic OH excluding ortho intramolecular Hbond substituents is 2. The molecule has 0 aromatic heterocycles. The van der Waals surface area contributed by atoms with Crippen LogP contribution in [0, 0.1) is 6.92 Å². The molecule has 0 saturated heterocycles. The van der Waals surface area contributed by atoms with Gasteiger partial charge in [0.15, 0.2) is 6.61 Å². The van der Waals surface area contributed by atoms with E-state index >= 15 is 0 Å². The maximum atomic E-state index is 11.6. The fraction of sp³-hybridized carbons (Fsp3) is 0.125. The van der Waals surface area contributed by atoms with Crippen molar-refractivity contribution in [3.8, 4) is 17.2 Å². The Balaban J connectivity index is 1.86. The molecule has 3 N–H and O–H groups in total. The number of aryl methyl sites for hydroxylation is 1. The minimum Gasteiger partial charge on any atom is -0.508 e. The Hall–Kier alpha value is -3.02. The van der Waals surface area contributed by atoms with Gasteiger partial charge in [0.2, 0.25) is 0 Å². The van der Waals surface area contributed by atoms with Gasteiger partial charge in [-0.25, -0.2) is 5.43 Å². The van der Waals surface area contributed by atoms with E-state index < -0.39 is 5.91 Å². The Morgan fingerprint density at radius 1 is 1.27 bits per heavy atom. The summed E-state index contributed by atoms with van der Waals surface area (Å²) in [5.74, 6) is 0.145. The number of nitrogens with one attached hydrogen (secondary N) is 1. The molecule has 0 fully saturated rings. The summed E-state index contributed by atoms with van der Waals surface area (Å²) < 4.78 is 5.37. The number of hydrogen-bond donors (Lipinski definition) is 3. The van der Waals surface area contributed by atoms with E-state index in [-0.39, 0.29) is 18.1 Å². The molecule has 6 heteroatoms. The third kappa shape index (κ3) is 4.24. The molecule has 0 saturated carbocycles. The minimum atomic E-state index is -0.431. The zero-order valence-electron chi connectivity index (χ0n) is 12.0. The van der Waals surface area contributed by atoms with Crippen LogP contribution in [0.3, 0.4) is 0 Å². The van der Waals surface area contributed by atoms with Crippen LogP contribution in [-0.4, -0.2) is 28.9 Å². The first-order chi connectivity index (χ1) is 10.6. The molecular weight excluding hydrogens is 284 g/mol. The average Bonchev–Trinajstić information content (AvgIpc) is 2.50. The fourth-order valence-electron chi connectivity index (χ4n) is 1.71. The lowest BCUT2D eigenvalue weighted by Gasteiger charge is -2.07. The van der Waals surface area contributed by atoms with E-state index in [0.29, 0.717) is 11.3 Å². The Bertz CT molecular complexity index is 698. The lowest BCUT2D eigenvalue weighted by Crippen LogP contribution is -2.24. The third-order valence-corrected chi connectivity index (χ3v) is 2.86. The van der Waals surface area contributed by atoms with Crippen LogP contribution in [-0.2, 0) is 4.79 Å². The maximum absolute atomic E-state index is 11.6. The van der Waals surface area contributed by atoms with Crippen molar-refractivity contribution in [3.63, 3.8) is 0 Å². The Labute approximate surface area is 127 Å². The number of carbonyl (C=O) groups excluding carboxylic acids is 1. The molecule has 2 rings (SSSR count). The van der Waals surface area contributed by atoms with E-state index in [0.717, 1.165) is 5.56 Å². The van der Waals surface area contributed by atoms with Crippen molar-refractivity contribution in [1.29, 1.82) is 0 Å². The number of amides is 1. The van der Waals surface area contributed by atoms with Crippen molar-refractivity contribution in [2.75, 3.05) is 6.61 Å². The molecule has 0 unspecified atom stereocenters. The van der Waals surface area contributed by atoms with Gasteiger partial charge in [0, 0.05) is 5.56 Å². The summed E-state index contributed by atoms with van der Waals surface area (Å²) >= 11 is 0. The number of benzene rings is 2. The van der Waals surface area contributed by atoms with Crippen molar-refractivity contribution < 1.29 is 19.7 Å². The molecule has 0 atom stereocenters. The first kappa shape index (κ1) is 15.4. The smallest absolute Gasteiger partial charge is 0.277 e. The van der Waals surface area contributed by atoms with Crippen molar-refractivity contribution >= 4 is 12.1 Å². The van der Waals surface area contributed by atoms with Gasteiger partial charge < -0.3 is 14.9 Å². The van der Waals surface area contributed by atoms with E-state index in [1.54, 1.807) is 6.07 Å². The minimum absolute atomic E-state index is 0.00605. The van der Waals surface area contributed by atoms with Crippen molar-refractivity contribution in [2.45, 2.75) is 6.92 Å². The monoisotopic (exact) mass is 300 g/mol. The Kier molecular flexibility index (Phi) is 4.98. The predicted molar refractivity (Wildman–Crippen MR) is 82.2 cm³/mol. The molecule has 22 heavy (non-hydrogen) atoms. The number of para-hydroxylation sites is 1. The highest BCUT2D eigenvalue weighted by Gasteiger charge is 2.04. The number of ether oxygens (including phenoxy) is 1. The van der Waals surface area contributed by atoms with Crippen LogP contribution in [0.4, 0.5) is 0 Å². The molecule has 2 aromatic rings. The number of rotatable bonds is 5. The SMILES string of the molecule is Cc1ccccc1OCC(=O)N/N=C/c1cc(O)ccc1O. The summed E-state index contributed by atoms with van der Waals surface area (Å²) in [4.78, 5) is 11.6. The van der Waals surface area contributed by atoms with Crippen LogP contribution >= 0.6 is 0 Å². The van der Waals surface area contributed by atoms with Gasteiger partial charge in [-0.05, 0) is 36.8 Å². The standard InChI is InChI=1S/C16H16N2O4/c1-11-4-2-3-5-15(11)22-10-16(21)18-17-9-12-8-13(19)6-7-14(12)20/h2-9,19-20H,10H2,1H3,(H,18,21)/b17-9+. The first-order valence-electron chi connectivity index (χ1n) is 6.58. The normalized spacial score (nSPS) is 10.6. The summed E-state index contributed by atoms with van der Waals surface area (Å²) in [6, 6.07) is 11.4. The van der Waals surface area contributed by atoms with Gasteiger partial charge in [-0.2, -0.15) is 5.10 Å². The van der Waals surface area contributed by atoms with E-state index in [4.69, 9.17) is 4.74 Å². The second kappa shape index (κ2) is 7.12. The van der Waals surface area contributed by atoms with Crippen LogP contribution in [0.25, 0.3) is 0 Å². The second-order valence-electron chi connectivity index (χ2n) is 4.59. The molecular formula is C16H16N2O4. The molecule has 1 amide bonds. The summed E-state index contributed by atoms with van der Waals surface area (Å²) in [5.41, 5.74) is 3.51. The number of hydrogen-bond acceptors (Lipinski definition) is 5. The van der Waals surface area contributed by atoms with Crippen LogP contribution < -0.4 is 10.2 Å². The lowest BCUT2D eigenvalue weighted by molar-refractivity contribution is -0.123. The van der Waals surface area contributed by atoms with E-state index in [9.17, 15) is 15.0 Å². The molecule has 0 aliphatic carbocycles. The molecule has 0 radical (unpaired) electrons. The lowest BCUT2D eigenvalue weighted by atomic mass is 10.2. The molecule has 114 valence electrons. The number of aromatic hydroxyl groups is 2. The number of hydrazone groups is 1. The van der Waals surface area contributed by atoms with E-state index in [2.05, 4.69) is 10.5 Å². The zero-order valence-corrected chi connectivity index (χ0v) is 12.0. The summed E-state index contributed by atoms with van der Waals surface area (Å²) in [7, 11) is 0. The molecule has 0 aliphatic rings. The summed E-state index contributed by atoms with van der Waals surface area (Å²) in [6.07, 6.45) is 1.24. The zero-order chi connectivity index (χ0) is 15.9. The Morgan fingerprint density at radius 2 is 2.05 bits per heavy atom. The molecule has 0 heterocycles. The van der Waals surface area contributed by atoms with Crippen LogP contribution in [0.15, 0.2) is 47.6 Å². The molecule has 6 nitrogen and oxygen atoms in total. The highest BCUT2D eigenvalue weighted by molar-refractivity contribution is 5.85. The van der Waals surface area contributed by atoms with E-state index in [1.165, 1.54) is 24.4 Å². The van der Waals surface area contributed by atoms with Gasteiger partial charge in [0.1, 0.15) is 17.2 Å². The maximum Gasteiger partial charge on any atom is 0.277 e. The predicted octanol–water partition coefficient (Wildman–Crippen LogP) is 1.94. The van der Waals surface area contributed by atoms with Crippen molar-refractivity contribution in [1.82, 2.24) is 5.43 Å². The number of nitrogens with zero attached hydrogens (tertiary/aromatic N) is 1. The van der Waals surface area contributed by atoms with Gasteiger partial charge >= 0.3 is 0 Å². The highest BCUT2D eigenvalue weighted by Crippen LogP contribution is 2.20. The van der Waals surface area contributed by atoms with Crippen LogP contribution in [0.2, 0.25) is 0 Å². The molecule has 0 aliphatic heterocycles. The second-order valence-corrected chi connectivity index (χ2v) is 4.59. The van der Waals surface area contributed by atoms with Gasteiger partial charge in [-0.3, -0.25) is 4.79 Å². The van der Waals surface area contributed by atoms with Crippen LogP contribution in [0.1, 0.15) is 11.1 Å². The molecule has 2 aromatic carbocycles. The number of carbonyl (C=O) groups is 1.